The van der Waals surface area contributed by atoms with Crippen LogP contribution in [0.4, 0.5) is 0 Å². The maximum absolute atomic E-state index is 12.0. The van der Waals surface area contributed by atoms with E-state index in [2.05, 4.69) is 6.92 Å². The molecule has 0 atom stereocenters. The molecule has 1 aromatic carbocycles. The fourth-order valence-electron chi connectivity index (χ4n) is 3.31. The van der Waals surface area contributed by atoms with Crippen LogP contribution >= 0.6 is 0 Å². The molecule has 0 spiro atoms. The van der Waals surface area contributed by atoms with Crippen LogP contribution in [0.2, 0.25) is 0 Å². The van der Waals surface area contributed by atoms with Gasteiger partial charge in [-0.3, -0.25) is 8.98 Å². The van der Waals surface area contributed by atoms with Crippen LogP contribution in [0, 0.1) is 0 Å². The third kappa shape index (κ3) is 25.6. The lowest BCUT2D eigenvalue weighted by molar-refractivity contribution is -0.145. The van der Waals surface area contributed by atoms with Gasteiger partial charge in [-0.2, -0.15) is 8.42 Å². The molecule has 14 heteroatoms. The van der Waals surface area contributed by atoms with E-state index in [4.69, 9.17) is 46.8 Å². The average molecular weight is 653 g/mol. The number of hydrogen-bond acceptors (Lipinski definition) is 13. The number of esters is 1. The van der Waals surface area contributed by atoms with E-state index in [1.54, 1.807) is 18.2 Å². The number of carbonyl (C=O) groups is 1. The third-order valence-electron chi connectivity index (χ3n) is 5.58. The molecular weight excluding hydrogens is 600 g/mol. The maximum atomic E-state index is 12.0. The van der Waals surface area contributed by atoms with Crippen molar-refractivity contribution in [2.45, 2.75) is 37.5 Å². The monoisotopic (exact) mass is 652 g/mol. The predicted octanol–water partition coefficient (Wildman–Crippen LogP) is 2.65. The molecule has 0 saturated carbocycles. The highest BCUT2D eigenvalue weighted by molar-refractivity contribution is 7.86. The first-order valence-corrected chi connectivity index (χ1v) is 16.7. The van der Waals surface area contributed by atoms with Crippen molar-refractivity contribution in [3.05, 3.63) is 30.3 Å². The minimum Gasteiger partial charge on any atom is -0.463 e. The number of ether oxygens (including phenoxy) is 9. The summed E-state index contributed by atoms with van der Waals surface area (Å²) in [6, 6.07) is 7.97. The van der Waals surface area contributed by atoms with Gasteiger partial charge in [-0.15, -0.1) is 0 Å². The van der Waals surface area contributed by atoms with Gasteiger partial charge >= 0.3 is 5.97 Å². The fraction of sp³-hybridized carbons (Fsp3) is 0.767. The second-order valence-electron chi connectivity index (χ2n) is 9.17. The standard InChI is InChI=1S/C30H52O13S/c1-2-3-5-10-30(31)42-27-25-40-23-21-38-19-17-36-15-13-34-11-12-35-14-16-37-18-20-39-22-24-41-26-28-43-44(32,33)29-8-6-4-7-9-29/h4,6-9H,2-3,5,10-28H2,1H3. The largest absolute Gasteiger partial charge is 0.463 e. The van der Waals surface area contributed by atoms with Crippen LogP contribution in [-0.4, -0.2) is 133 Å². The Morgan fingerprint density at radius 1 is 0.523 bits per heavy atom. The highest BCUT2D eigenvalue weighted by Crippen LogP contribution is 2.10. The van der Waals surface area contributed by atoms with E-state index in [9.17, 15) is 13.2 Å². The van der Waals surface area contributed by atoms with Crippen LogP contribution in [-0.2, 0) is 61.7 Å². The third-order valence-corrected chi connectivity index (χ3v) is 6.90. The van der Waals surface area contributed by atoms with Crippen LogP contribution in [0.15, 0.2) is 35.2 Å². The van der Waals surface area contributed by atoms with Gasteiger partial charge in [-0.25, -0.2) is 0 Å². The number of benzene rings is 1. The molecule has 0 saturated heterocycles. The van der Waals surface area contributed by atoms with E-state index in [-0.39, 0.29) is 30.7 Å². The molecule has 0 aliphatic heterocycles. The van der Waals surface area contributed by atoms with E-state index in [0.717, 1.165) is 19.3 Å². The summed E-state index contributed by atoms with van der Waals surface area (Å²) >= 11 is 0. The Morgan fingerprint density at radius 3 is 1.27 bits per heavy atom. The maximum Gasteiger partial charge on any atom is 0.305 e. The van der Waals surface area contributed by atoms with Crippen LogP contribution in [0.5, 0.6) is 0 Å². The molecule has 0 heterocycles. The summed E-state index contributed by atoms with van der Waals surface area (Å²) in [7, 11) is -3.76. The number of unbranched alkanes of at least 4 members (excludes halogenated alkanes) is 2. The highest BCUT2D eigenvalue weighted by Gasteiger charge is 2.13. The van der Waals surface area contributed by atoms with Crippen LogP contribution in [0.1, 0.15) is 32.6 Å². The van der Waals surface area contributed by atoms with Crippen molar-refractivity contribution >= 4 is 16.1 Å². The second-order valence-corrected chi connectivity index (χ2v) is 10.8. The Kier molecular flexibility index (Phi) is 27.4. The summed E-state index contributed by atoms with van der Waals surface area (Å²) < 4.78 is 77.2. The van der Waals surface area contributed by atoms with E-state index in [1.807, 2.05) is 0 Å². The number of rotatable bonds is 33. The molecule has 0 aliphatic rings. The van der Waals surface area contributed by atoms with Gasteiger partial charge in [-0.05, 0) is 18.6 Å². The summed E-state index contributed by atoms with van der Waals surface area (Å²) in [6.45, 7) is 9.00. The lowest BCUT2D eigenvalue weighted by atomic mass is 10.2. The molecule has 1 rings (SSSR count). The van der Waals surface area contributed by atoms with E-state index in [0.29, 0.717) is 106 Å². The molecule has 256 valence electrons. The Morgan fingerprint density at radius 2 is 0.886 bits per heavy atom. The van der Waals surface area contributed by atoms with E-state index >= 15 is 0 Å². The van der Waals surface area contributed by atoms with Gasteiger partial charge in [0.1, 0.15) is 6.61 Å². The van der Waals surface area contributed by atoms with Crippen molar-refractivity contribution in [2.75, 3.05) is 119 Å². The molecule has 0 fully saturated rings. The van der Waals surface area contributed by atoms with Crippen LogP contribution < -0.4 is 0 Å². The van der Waals surface area contributed by atoms with Crippen LogP contribution in [0.25, 0.3) is 0 Å². The Labute approximate surface area is 262 Å². The smallest absolute Gasteiger partial charge is 0.305 e. The Hall–Kier alpha value is -1.72. The predicted molar refractivity (Wildman–Crippen MR) is 161 cm³/mol. The van der Waals surface area contributed by atoms with Gasteiger partial charge in [0.25, 0.3) is 10.1 Å². The first kappa shape index (κ1) is 40.3. The molecule has 1 aromatic rings. The molecule has 13 nitrogen and oxygen atoms in total. The normalized spacial score (nSPS) is 11.7. The minimum absolute atomic E-state index is 0.0605. The van der Waals surface area contributed by atoms with E-state index in [1.165, 1.54) is 12.1 Å². The lowest BCUT2D eigenvalue weighted by Crippen LogP contribution is -2.16. The molecule has 0 bridgehead atoms. The molecule has 0 amide bonds. The second kappa shape index (κ2) is 30.0. The quantitative estimate of drug-likeness (QED) is 0.0624. The zero-order valence-electron chi connectivity index (χ0n) is 26.2. The van der Waals surface area contributed by atoms with E-state index < -0.39 is 10.1 Å². The first-order valence-electron chi connectivity index (χ1n) is 15.3. The first-order chi connectivity index (χ1) is 21.6. The molecule has 0 aliphatic carbocycles. The summed E-state index contributed by atoms with van der Waals surface area (Å²) in [5, 5.41) is 0. The topological polar surface area (TPSA) is 144 Å². The van der Waals surface area contributed by atoms with Gasteiger partial charge in [0, 0.05) is 6.42 Å². The Bertz CT molecular complexity index is 871. The zero-order valence-corrected chi connectivity index (χ0v) is 27.0. The average Bonchev–Trinajstić information content (AvgIpc) is 3.03. The van der Waals surface area contributed by atoms with Crippen molar-refractivity contribution in [3.8, 4) is 0 Å². The van der Waals surface area contributed by atoms with Gasteiger partial charge in [0.05, 0.1) is 117 Å². The minimum atomic E-state index is -3.76. The molecule has 0 N–H and O–H groups in total. The lowest BCUT2D eigenvalue weighted by Gasteiger charge is -2.09. The van der Waals surface area contributed by atoms with Gasteiger partial charge < -0.3 is 42.6 Å². The molecule has 0 aromatic heterocycles. The summed E-state index contributed by atoms with van der Waals surface area (Å²) in [5.74, 6) is -0.168. The zero-order chi connectivity index (χ0) is 31.8. The molecular formula is C30H52O13S. The Balaban J connectivity index is 1.69. The van der Waals surface area contributed by atoms with Crippen LogP contribution in [0.3, 0.4) is 0 Å². The van der Waals surface area contributed by atoms with Crippen molar-refractivity contribution in [1.29, 1.82) is 0 Å². The van der Waals surface area contributed by atoms with Gasteiger partial charge in [0.2, 0.25) is 0 Å². The van der Waals surface area contributed by atoms with Crippen molar-refractivity contribution in [1.82, 2.24) is 0 Å². The van der Waals surface area contributed by atoms with Crippen molar-refractivity contribution in [2.24, 2.45) is 0 Å². The SMILES string of the molecule is CCCCCC(=O)OCCOCCOCCOCCOCCOCCOCCOCCOCCOS(=O)(=O)c1ccccc1. The summed E-state index contributed by atoms with van der Waals surface area (Å²) in [4.78, 5) is 11.6. The van der Waals surface area contributed by atoms with Crippen molar-refractivity contribution < 1.29 is 60.0 Å². The molecule has 0 radical (unpaired) electrons. The number of carbonyl (C=O) groups excluding carboxylic acids is 1. The summed E-state index contributed by atoms with van der Waals surface area (Å²) in [6.07, 6.45) is 3.47. The molecule has 44 heavy (non-hydrogen) atoms. The highest BCUT2D eigenvalue weighted by atomic mass is 32.2. The summed E-state index contributed by atoms with van der Waals surface area (Å²) in [5.41, 5.74) is 0. The fourth-order valence-corrected chi connectivity index (χ4v) is 4.22. The van der Waals surface area contributed by atoms with Gasteiger partial charge in [0.15, 0.2) is 0 Å². The number of hydrogen-bond donors (Lipinski definition) is 0. The van der Waals surface area contributed by atoms with Gasteiger partial charge in [-0.1, -0.05) is 38.0 Å². The van der Waals surface area contributed by atoms with Crippen molar-refractivity contribution in [3.63, 3.8) is 0 Å². The molecule has 0 unspecified atom stereocenters.